The highest BCUT2D eigenvalue weighted by Crippen LogP contribution is 2.15. The molecule has 0 saturated carbocycles. The van der Waals surface area contributed by atoms with Gasteiger partial charge in [-0.05, 0) is 18.6 Å². The van der Waals surface area contributed by atoms with Gasteiger partial charge in [0.25, 0.3) is 0 Å². The number of amides is 1. The summed E-state index contributed by atoms with van der Waals surface area (Å²) in [6.45, 7) is 2.91. The van der Waals surface area contributed by atoms with Crippen molar-refractivity contribution in [3.05, 3.63) is 24.2 Å². The normalized spacial score (nSPS) is 10.7. The Kier molecular flexibility index (Phi) is 3.76. The summed E-state index contributed by atoms with van der Waals surface area (Å²) in [6, 6.07) is 3.84. The average Bonchev–Trinajstić information content (AvgIpc) is 2.93. The topological polar surface area (TPSA) is 89.6 Å². The fraction of sp³-hybridized carbons (Fsp3) is 0.417. The zero-order valence-electron chi connectivity index (χ0n) is 10.4. The van der Waals surface area contributed by atoms with Crippen LogP contribution in [0.15, 0.2) is 18.3 Å². The van der Waals surface area contributed by atoms with Crippen LogP contribution in [0.1, 0.15) is 25.6 Å². The Balaban J connectivity index is 2.29. The van der Waals surface area contributed by atoms with Crippen molar-refractivity contribution in [1.82, 2.24) is 19.7 Å². The van der Waals surface area contributed by atoms with Crippen LogP contribution in [0.5, 0.6) is 0 Å². The standard InChI is InChI=1S/C12H17N5O/c1-2-3-7-17-12(9-5-4-6-14-9)15-11(16-17)8-10(13)18/h4-6,14H,2-3,7-8H2,1H3,(H2,13,18). The lowest BCUT2D eigenvalue weighted by Crippen LogP contribution is -2.14. The number of aromatic nitrogens is 4. The lowest BCUT2D eigenvalue weighted by Gasteiger charge is -2.02. The van der Waals surface area contributed by atoms with Crippen molar-refractivity contribution in [3.63, 3.8) is 0 Å². The van der Waals surface area contributed by atoms with Gasteiger partial charge in [0, 0.05) is 12.7 Å². The van der Waals surface area contributed by atoms with E-state index in [9.17, 15) is 4.79 Å². The second kappa shape index (κ2) is 5.48. The lowest BCUT2D eigenvalue weighted by atomic mass is 10.3. The minimum absolute atomic E-state index is 0.0762. The Morgan fingerprint density at radius 2 is 2.39 bits per heavy atom. The van der Waals surface area contributed by atoms with E-state index < -0.39 is 5.91 Å². The molecule has 0 saturated heterocycles. The van der Waals surface area contributed by atoms with Crippen LogP contribution in [0.3, 0.4) is 0 Å². The number of nitrogens with zero attached hydrogens (tertiary/aromatic N) is 3. The Labute approximate surface area is 105 Å². The second-order valence-corrected chi connectivity index (χ2v) is 4.16. The molecule has 0 aromatic carbocycles. The van der Waals surface area contributed by atoms with Crippen LogP contribution < -0.4 is 5.73 Å². The van der Waals surface area contributed by atoms with E-state index in [1.165, 1.54) is 0 Å². The largest absolute Gasteiger partial charge is 0.369 e. The Morgan fingerprint density at radius 3 is 3.00 bits per heavy atom. The van der Waals surface area contributed by atoms with Crippen LogP contribution in [0, 0.1) is 0 Å². The van der Waals surface area contributed by atoms with Crippen molar-refractivity contribution in [2.24, 2.45) is 5.73 Å². The van der Waals surface area contributed by atoms with Gasteiger partial charge in [-0.2, -0.15) is 5.10 Å². The van der Waals surface area contributed by atoms with Crippen LogP contribution in [-0.2, 0) is 17.8 Å². The molecule has 6 nitrogen and oxygen atoms in total. The molecule has 6 heteroatoms. The highest BCUT2D eigenvalue weighted by molar-refractivity contribution is 5.75. The summed E-state index contributed by atoms with van der Waals surface area (Å²) in [5, 5.41) is 4.33. The van der Waals surface area contributed by atoms with Gasteiger partial charge in [-0.25, -0.2) is 9.67 Å². The SMILES string of the molecule is CCCCn1nc(CC(N)=O)nc1-c1ccc[nH]1. The maximum absolute atomic E-state index is 10.9. The van der Waals surface area contributed by atoms with Crippen molar-refractivity contribution in [2.75, 3.05) is 0 Å². The summed E-state index contributed by atoms with van der Waals surface area (Å²) in [6.07, 6.45) is 4.01. The van der Waals surface area contributed by atoms with E-state index in [2.05, 4.69) is 22.0 Å². The predicted molar refractivity (Wildman–Crippen MR) is 67.6 cm³/mol. The minimum atomic E-state index is -0.416. The zero-order chi connectivity index (χ0) is 13.0. The van der Waals surface area contributed by atoms with E-state index in [1.54, 1.807) is 0 Å². The number of primary amides is 1. The molecule has 96 valence electrons. The van der Waals surface area contributed by atoms with Crippen molar-refractivity contribution in [1.29, 1.82) is 0 Å². The van der Waals surface area contributed by atoms with Gasteiger partial charge in [-0.15, -0.1) is 0 Å². The van der Waals surface area contributed by atoms with Gasteiger partial charge in [0.05, 0.1) is 12.1 Å². The summed E-state index contributed by atoms with van der Waals surface area (Å²) in [5.41, 5.74) is 6.06. The zero-order valence-corrected chi connectivity index (χ0v) is 10.4. The summed E-state index contributed by atoms with van der Waals surface area (Å²) in [7, 11) is 0. The minimum Gasteiger partial charge on any atom is -0.369 e. The maximum Gasteiger partial charge on any atom is 0.225 e. The molecule has 0 unspecified atom stereocenters. The number of H-pyrrole nitrogens is 1. The van der Waals surface area contributed by atoms with Crippen molar-refractivity contribution in [3.8, 4) is 11.5 Å². The number of hydrogen-bond donors (Lipinski definition) is 2. The van der Waals surface area contributed by atoms with Crippen LogP contribution in [0.4, 0.5) is 0 Å². The van der Waals surface area contributed by atoms with Gasteiger partial charge in [-0.1, -0.05) is 13.3 Å². The average molecular weight is 247 g/mol. The van der Waals surface area contributed by atoms with Gasteiger partial charge in [-0.3, -0.25) is 4.79 Å². The molecule has 0 aliphatic carbocycles. The molecule has 2 aromatic heterocycles. The molecule has 1 amide bonds. The summed E-state index contributed by atoms with van der Waals surface area (Å²) >= 11 is 0. The number of carbonyl (C=O) groups excluding carboxylic acids is 1. The van der Waals surface area contributed by atoms with E-state index >= 15 is 0 Å². The monoisotopic (exact) mass is 247 g/mol. The highest BCUT2D eigenvalue weighted by Gasteiger charge is 2.13. The number of carbonyl (C=O) groups is 1. The molecule has 0 bridgehead atoms. The molecule has 18 heavy (non-hydrogen) atoms. The molecule has 3 N–H and O–H groups in total. The Morgan fingerprint density at radius 1 is 1.56 bits per heavy atom. The van der Waals surface area contributed by atoms with Crippen LogP contribution in [0.25, 0.3) is 11.5 Å². The number of aromatic amines is 1. The number of aryl methyl sites for hydroxylation is 1. The van der Waals surface area contributed by atoms with Crippen molar-refractivity contribution in [2.45, 2.75) is 32.7 Å². The Bertz CT molecular complexity index is 515. The maximum atomic E-state index is 10.9. The molecule has 0 spiro atoms. The number of rotatable bonds is 6. The molecule has 0 atom stereocenters. The first kappa shape index (κ1) is 12.3. The molecule has 2 rings (SSSR count). The third-order valence-electron chi connectivity index (χ3n) is 2.61. The summed E-state index contributed by atoms with van der Waals surface area (Å²) in [5.74, 6) is 0.814. The second-order valence-electron chi connectivity index (χ2n) is 4.16. The summed E-state index contributed by atoms with van der Waals surface area (Å²) < 4.78 is 1.83. The molecule has 0 radical (unpaired) electrons. The van der Waals surface area contributed by atoms with E-state index in [4.69, 9.17) is 5.73 Å². The number of hydrogen-bond acceptors (Lipinski definition) is 3. The van der Waals surface area contributed by atoms with Gasteiger partial charge in [0.15, 0.2) is 11.6 Å². The van der Waals surface area contributed by atoms with Gasteiger partial charge >= 0.3 is 0 Å². The van der Waals surface area contributed by atoms with Gasteiger partial charge < -0.3 is 10.7 Å². The smallest absolute Gasteiger partial charge is 0.225 e. The molecule has 2 heterocycles. The van der Waals surface area contributed by atoms with E-state index in [-0.39, 0.29) is 6.42 Å². The molecular weight excluding hydrogens is 230 g/mol. The molecule has 0 aliphatic heterocycles. The first-order valence-electron chi connectivity index (χ1n) is 6.06. The fourth-order valence-corrected chi connectivity index (χ4v) is 1.75. The van der Waals surface area contributed by atoms with Gasteiger partial charge in [0.2, 0.25) is 5.91 Å². The first-order valence-corrected chi connectivity index (χ1v) is 6.06. The van der Waals surface area contributed by atoms with E-state index in [1.807, 2.05) is 23.0 Å². The van der Waals surface area contributed by atoms with Crippen LogP contribution in [-0.4, -0.2) is 25.7 Å². The first-order chi connectivity index (χ1) is 8.70. The Hall–Kier alpha value is -2.11. The highest BCUT2D eigenvalue weighted by atomic mass is 16.1. The van der Waals surface area contributed by atoms with Crippen LogP contribution in [0.2, 0.25) is 0 Å². The predicted octanol–water partition coefficient (Wildman–Crippen LogP) is 1.10. The van der Waals surface area contributed by atoms with Crippen LogP contribution >= 0.6 is 0 Å². The van der Waals surface area contributed by atoms with Crippen molar-refractivity contribution < 1.29 is 4.79 Å². The number of nitrogens with two attached hydrogens (primary N) is 1. The lowest BCUT2D eigenvalue weighted by molar-refractivity contribution is -0.117. The molecule has 2 aromatic rings. The fourth-order valence-electron chi connectivity index (χ4n) is 1.75. The molecule has 0 fully saturated rings. The third-order valence-corrected chi connectivity index (χ3v) is 2.61. The van der Waals surface area contributed by atoms with Gasteiger partial charge in [0.1, 0.15) is 0 Å². The number of unbranched alkanes of at least 4 members (excludes halogenated alkanes) is 1. The number of nitrogens with one attached hydrogen (secondary N) is 1. The van der Waals surface area contributed by atoms with E-state index in [0.717, 1.165) is 30.9 Å². The summed E-state index contributed by atoms with van der Waals surface area (Å²) in [4.78, 5) is 18.4. The van der Waals surface area contributed by atoms with E-state index in [0.29, 0.717) is 5.82 Å². The molecule has 0 aliphatic rings. The van der Waals surface area contributed by atoms with Crippen molar-refractivity contribution >= 4 is 5.91 Å². The molecular formula is C12H17N5O. The quantitative estimate of drug-likeness (QED) is 0.801. The third kappa shape index (κ3) is 2.77.